The van der Waals surface area contributed by atoms with Crippen molar-refractivity contribution in [3.63, 3.8) is 0 Å². The van der Waals surface area contributed by atoms with E-state index < -0.39 is 40.7 Å². The van der Waals surface area contributed by atoms with Gasteiger partial charge in [-0.2, -0.15) is 0 Å². The first-order valence-electron chi connectivity index (χ1n) is 11.0. The van der Waals surface area contributed by atoms with Gasteiger partial charge in [0.15, 0.2) is 11.6 Å². The minimum absolute atomic E-state index is 0.0316. The Balaban J connectivity index is 1.85. The zero-order valence-electron chi connectivity index (χ0n) is 19.9. The van der Waals surface area contributed by atoms with E-state index in [0.29, 0.717) is 8.47 Å². The fourth-order valence-corrected chi connectivity index (χ4v) is 4.03. The van der Waals surface area contributed by atoms with Gasteiger partial charge >= 0.3 is 11.8 Å². The number of halogens is 3. The van der Waals surface area contributed by atoms with Gasteiger partial charge in [0.2, 0.25) is 0 Å². The van der Waals surface area contributed by atoms with Crippen molar-refractivity contribution in [3.8, 4) is 17.2 Å². The van der Waals surface area contributed by atoms with Crippen LogP contribution in [0.3, 0.4) is 0 Å². The van der Waals surface area contributed by atoms with Gasteiger partial charge in [0.25, 0.3) is 5.56 Å². The molecule has 0 spiro atoms. The summed E-state index contributed by atoms with van der Waals surface area (Å²) >= 11 is 1.89. The lowest BCUT2D eigenvalue weighted by molar-refractivity contribution is 0.204. The zero-order valence-corrected chi connectivity index (χ0v) is 22.1. The van der Waals surface area contributed by atoms with Crippen LogP contribution in [-0.2, 0) is 0 Å². The van der Waals surface area contributed by atoms with Crippen molar-refractivity contribution >= 4 is 45.9 Å². The molecule has 0 saturated heterocycles. The second-order valence-electron chi connectivity index (χ2n) is 8.26. The monoisotopic (exact) mass is 635 g/mol. The summed E-state index contributed by atoms with van der Waals surface area (Å²) in [6.07, 6.45) is 0.876. The van der Waals surface area contributed by atoms with Gasteiger partial charge in [0.05, 0.1) is 14.9 Å². The molecular weight excluding hydrogens is 615 g/mol. The third-order valence-corrected chi connectivity index (χ3v) is 6.53. The average Bonchev–Trinajstić information content (AvgIpc) is 2.85. The van der Waals surface area contributed by atoms with Crippen LogP contribution in [0.25, 0.3) is 5.69 Å². The number of pyridine rings is 1. The lowest BCUT2D eigenvalue weighted by atomic mass is 10.2. The summed E-state index contributed by atoms with van der Waals surface area (Å²) in [6.45, 7) is 3.32. The number of carbonyl (C=O) groups is 1. The molecule has 0 aliphatic carbocycles. The summed E-state index contributed by atoms with van der Waals surface area (Å²) in [6, 6.07) is 8.90. The molecule has 13 heteroatoms. The normalized spacial score (nSPS) is 11.0. The van der Waals surface area contributed by atoms with Crippen molar-refractivity contribution in [2.75, 3.05) is 10.6 Å². The zero-order chi connectivity index (χ0) is 27.7. The van der Waals surface area contributed by atoms with E-state index in [0.717, 1.165) is 33.5 Å². The predicted octanol–water partition coefficient (Wildman–Crippen LogP) is 5.05. The Morgan fingerprint density at radius 2 is 1.79 bits per heavy atom. The standard InChI is InChI=1S/C25H20F2IN5O5/c1-13(2)31-12-18(23(34)33(24(31)35)15-5-3-14(26)4-6-15)32(25(36)37)16-7-8-19(17(27)11-16)38-20-9-10-30-22(29)21(20)28/h3-13H,1-2H3,(H2,29,30)(H,36,37). The number of nitrogen functional groups attached to an aromatic ring is 1. The van der Waals surface area contributed by atoms with E-state index in [1.54, 1.807) is 13.8 Å². The Labute approximate surface area is 227 Å². The molecule has 38 heavy (non-hydrogen) atoms. The predicted molar refractivity (Wildman–Crippen MR) is 145 cm³/mol. The molecule has 4 rings (SSSR count). The van der Waals surface area contributed by atoms with Gasteiger partial charge in [-0.05, 0) is 72.8 Å². The van der Waals surface area contributed by atoms with Crippen LogP contribution < -0.4 is 26.6 Å². The Hall–Kier alpha value is -4.27. The number of carboxylic acid groups (broad SMARTS) is 1. The van der Waals surface area contributed by atoms with E-state index in [1.807, 2.05) is 22.6 Å². The molecule has 0 radical (unpaired) electrons. The van der Waals surface area contributed by atoms with Crippen molar-refractivity contribution in [1.82, 2.24) is 14.1 Å². The van der Waals surface area contributed by atoms with Crippen molar-refractivity contribution in [2.24, 2.45) is 0 Å². The molecule has 2 heterocycles. The maximum Gasteiger partial charge on any atom is 0.416 e. The van der Waals surface area contributed by atoms with E-state index in [2.05, 4.69) is 4.98 Å². The smallest absolute Gasteiger partial charge is 0.416 e. The fraction of sp³-hybridized carbons (Fsp3) is 0.120. The maximum absolute atomic E-state index is 15.1. The van der Waals surface area contributed by atoms with Crippen molar-refractivity contribution in [2.45, 2.75) is 19.9 Å². The molecule has 2 aromatic carbocycles. The number of hydrogen-bond acceptors (Lipinski definition) is 6. The summed E-state index contributed by atoms with van der Waals surface area (Å²) in [5.74, 6) is -1.30. The van der Waals surface area contributed by atoms with Crippen LogP contribution in [0.4, 0.5) is 30.8 Å². The molecule has 0 unspecified atom stereocenters. The summed E-state index contributed by atoms with van der Waals surface area (Å²) in [5, 5.41) is 10.0. The number of amides is 1. The lowest BCUT2D eigenvalue weighted by Gasteiger charge is -2.23. The fourth-order valence-electron chi connectivity index (χ4n) is 3.60. The highest BCUT2D eigenvalue weighted by molar-refractivity contribution is 14.1. The molecule has 3 N–H and O–H groups in total. The van der Waals surface area contributed by atoms with Gasteiger partial charge in [-0.25, -0.2) is 32.8 Å². The molecular formula is C25H20F2IN5O5. The highest BCUT2D eigenvalue weighted by atomic mass is 127. The van der Waals surface area contributed by atoms with Crippen LogP contribution in [0.2, 0.25) is 0 Å². The average molecular weight is 635 g/mol. The molecule has 0 saturated carbocycles. The first-order chi connectivity index (χ1) is 18.0. The number of benzene rings is 2. The first kappa shape index (κ1) is 26.8. The Morgan fingerprint density at radius 1 is 1.11 bits per heavy atom. The van der Waals surface area contributed by atoms with Gasteiger partial charge in [-0.1, -0.05) is 0 Å². The molecule has 0 aliphatic rings. The molecule has 0 atom stereocenters. The minimum atomic E-state index is -1.61. The quantitative estimate of drug-likeness (QED) is 0.284. The maximum atomic E-state index is 15.1. The molecule has 0 bridgehead atoms. The van der Waals surface area contributed by atoms with Crippen molar-refractivity contribution < 1.29 is 23.4 Å². The lowest BCUT2D eigenvalue weighted by Crippen LogP contribution is -2.42. The summed E-state index contributed by atoms with van der Waals surface area (Å²) in [7, 11) is 0. The molecule has 2 aromatic heterocycles. The molecule has 196 valence electrons. The second kappa shape index (κ2) is 10.6. The Morgan fingerprint density at radius 3 is 2.39 bits per heavy atom. The Bertz CT molecular complexity index is 1650. The number of hydrogen-bond donors (Lipinski definition) is 2. The van der Waals surface area contributed by atoms with Crippen LogP contribution in [0.5, 0.6) is 11.5 Å². The minimum Gasteiger partial charge on any atom is -0.464 e. The molecule has 4 aromatic rings. The summed E-state index contributed by atoms with van der Waals surface area (Å²) in [5.41, 5.74) is 3.37. The van der Waals surface area contributed by atoms with Crippen LogP contribution in [0, 0.1) is 15.2 Å². The third kappa shape index (κ3) is 5.09. The SMILES string of the molecule is CC(C)n1cc(N(C(=O)O)c2ccc(Oc3ccnc(N)c3I)c(F)c2)c(=O)n(-c2ccc(F)cc2)c1=O. The highest BCUT2D eigenvalue weighted by Gasteiger charge is 2.26. The van der Waals surface area contributed by atoms with Gasteiger partial charge in [0, 0.05) is 30.6 Å². The number of nitrogens with zero attached hydrogens (tertiary/aromatic N) is 4. The van der Waals surface area contributed by atoms with E-state index in [4.69, 9.17) is 10.5 Å². The van der Waals surface area contributed by atoms with Crippen LogP contribution in [0.15, 0.2) is 70.5 Å². The highest BCUT2D eigenvalue weighted by Crippen LogP contribution is 2.33. The first-order valence-corrected chi connectivity index (χ1v) is 12.1. The largest absolute Gasteiger partial charge is 0.464 e. The Kier molecular flexibility index (Phi) is 7.48. The number of ether oxygens (including phenoxy) is 1. The van der Waals surface area contributed by atoms with Crippen LogP contribution >= 0.6 is 22.6 Å². The van der Waals surface area contributed by atoms with Gasteiger partial charge in [-0.15, -0.1) is 0 Å². The summed E-state index contributed by atoms with van der Waals surface area (Å²) in [4.78, 5) is 43.4. The number of aromatic nitrogens is 3. The second-order valence-corrected chi connectivity index (χ2v) is 9.34. The van der Waals surface area contributed by atoms with Gasteiger partial charge in [0.1, 0.15) is 23.1 Å². The topological polar surface area (TPSA) is 133 Å². The van der Waals surface area contributed by atoms with Gasteiger partial charge < -0.3 is 15.6 Å². The van der Waals surface area contributed by atoms with E-state index in [1.165, 1.54) is 36.5 Å². The number of rotatable bonds is 6. The van der Waals surface area contributed by atoms with Crippen molar-refractivity contribution in [1.29, 1.82) is 0 Å². The molecule has 10 nitrogen and oxygen atoms in total. The van der Waals surface area contributed by atoms with Gasteiger partial charge in [-0.3, -0.25) is 9.36 Å². The van der Waals surface area contributed by atoms with Crippen molar-refractivity contribution in [3.05, 3.63) is 97.0 Å². The summed E-state index contributed by atoms with van der Waals surface area (Å²) < 4.78 is 36.5. The third-order valence-electron chi connectivity index (χ3n) is 5.44. The van der Waals surface area contributed by atoms with Crippen LogP contribution in [0.1, 0.15) is 19.9 Å². The van der Waals surface area contributed by atoms with E-state index in [-0.39, 0.29) is 28.7 Å². The van der Waals surface area contributed by atoms with E-state index in [9.17, 15) is 23.9 Å². The number of nitrogens with two attached hydrogens (primary N) is 1. The van der Waals surface area contributed by atoms with Crippen LogP contribution in [-0.4, -0.2) is 25.3 Å². The molecule has 0 fully saturated rings. The molecule has 0 aliphatic heterocycles. The van der Waals surface area contributed by atoms with E-state index >= 15 is 4.39 Å². The number of anilines is 3. The molecule has 1 amide bonds.